The van der Waals surface area contributed by atoms with E-state index in [1.165, 1.54) is 35.2 Å². The summed E-state index contributed by atoms with van der Waals surface area (Å²) in [6.07, 6.45) is 3.70. The van der Waals surface area contributed by atoms with E-state index in [2.05, 4.69) is 105 Å². The zero-order chi connectivity index (χ0) is 17.5. The Morgan fingerprint density at radius 3 is 1.24 bits per heavy atom. The summed E-state index contributed by atoms with van der Waals surface area (Å²) in [5.41, 5.74) is 0.671. The molecule has 0 nitrogen and oxygen atoms in total. The lowest BCUT2D eigenvalue weighted by Crippen LogP contribution is -2.38. The van der Waals surface area contributed by atoms with Crippen molar-refractivity contribution in [3.63, 3.8) is 0 Å². The van der Waals surface area contributed by atoms with Crippen LogP contribution in [0.15, 0.2) is 91.0 Å². The third kappa shape index (κ3) is 3.42. The smallest absolute Gasteiger partial charge is 0.0652 e. The van der Waals surface area contributed by atoms with Crippen LogP contribution in [0.5, 0.6) is 0 Å². The minimum Gasteiger partial charge on any atom is -0.0652 e. The Labute approximate surface area is 153 Å². The van der Waals surface area contributed by atoms with Crippen molar-refractivity contribution in [2.24, 2.45) is 0 Å². The zero-order valence-corrected chi connectivity index (χ0v) is 16.2. The number of rotatable bonds is 7. The topological polar surface area (TPSA) is 0 Å². The van der Waals surface area contributed by atoms with Gasteiger partial charge in [-0.3, -0.25) is 0 Å². The van der Waals surface area contributed by atoms with Crippen molar-refractivity contribution < 1.29 is 0 Å². The van der Waals surface area contributed by atoms with Crippen molar-refractivity contribution >= 4 is 23.2 Å². The second kappa shape index (κ2) is 8.45. The van der Waals surface area contributed by atoms with Crippen LogP contribution in [0, 0.1) is 0 Å². The quantitative estimate of drug-likeness (QED) is 0.491. The molecule has 0 spiro atoms. The van der Waals surface area contributed by atoms with Crippen molar-refractivity contribution in [2.45, 2.75) is 38.8 Å². The monoisotopic (exact) mass is 347 g/mol. The van der Waals surface area contributed by atoms with Gasteiger partial charge in [0.1, 0.15) is 23.2 Å². The average Bonchev–Trinajstić information content (AvgIpc) is 2.70. The maximum Gasteiger partial charge on any atom is 0.115 e. The fraction of sp³-hybridized carbons (Fsp3) is 0.250. The third-order valence-corrected chi connectivity index (χ3v) is 10.2. The highest BCUT2D eigenvalue weighted by molar-refractivity contribution is 7.96. The molecule has 0 saturated heterocycles. The van der Waals surface area contributed by atoms with Gasteiger partial charge in [0, 0.05) is 0 Å². The summed E-state index contributed by atoms with van der Waals surface area (Å²) in [5, 5.41) is 4.52. The summed E-state index contributed by atoms with van der Waals surface area (Å²) in [6.45, 7) is 4.68. The van der Waals surface area contributed by atoms with E-state index < -0.39 is 7.26 Å². The second-order valence-electron chi connectivity index (χ2n) is 6.58. The van der Waals surface area contributed by atoms with Crippen LogP contribution in [0.4, 0.5) is 0 Å². The predicted octanol–water partition coefficient (Wildman–Crippen LogP) is 5.56. The first kappa shape index (κ1) is 17.9. The van der Waals surface area contributed by atoms with Crippen molar-refractivity contribution in [2.75, 3.05) is 0 Å². The molecule has 1 heteroatoms. The van der Waals surface area contributed by atoms with E-state index >= 15 is 0 Å². The predicted molar refractivity (Wildman–Crippen MR) is 114 cm³/mol. The molecule has 0 radical (unpaired) electrons. The van der Waals surface area contributed by atoms with E-state index in [9.17, 15) is 0 Å². The van der Waals surface area contributed by atoms with Crippen molar-refractivity contribution in [3.8, 4) is 0 Å². The molecule has 0 aliphatic rings. The van der Waals surface area contributed by atoms with Crippen LogP contribution in [0.1, 0.15) is 33.1 Å². The summed E-state index contributed by atoms with van der Waals surface area (Å²) >= 11 is 0. The minimum atomic E-state index is -1.68. The molecule has 128 valence electrons. The Kier molecular flexibility index (Phi) is 6.05. The van der Waals surface area contributed by atoms with Crippen LogP contribution < -0.4 is 15.9 Å². The summed E-state index contributed by atoms with van der Waals surface area (Å²) in [5.74, 6) is 0. The molecule has 0 saturated carbocycles. The van der Waals surface area contributed by atoms with E-state index in [4.69, 9.17) is 0 Å². The molecule has 0 amide bonds. The van der Waals surface area contributed by atoms with Gasteiger partial charge >= 0.3 is 0 Å². The SMILES string of the molecule is CCCC(CC)[P+](c1ccccc1)(c1ccccc1)c1ccccc1. The fourth-order valence-electron chi connectivity index (χ4n) is 4.07. The van der Waals surface area contributed by atoms with Gasteiger partial charge < -0.3 is 0 Å². The lowest BCUT2D eigenvalue weighted by atomic mass is 10.2. The summed E-state index contributed by atoms with van der Waals surface area (Å²) in [7, 11) is -1.68. The van der Waals surface area contributed by atoms with E-state index in [0.717, 1.165) is 0 Å². The Morgan fingerprint density at radius 2 is 0.960 bits per heavy atom. The van der Waals surface area contributed by atoms with Gasteiger partial charge in [-0.25, -0.2) is 0 Å². The second-order valence-corrected chi connectivity index (χ2v) is 10.3. The molecule has 1 unspecified atom stereocenters. The molecule has 0 N–H and O–H groups in total. The number of hydrogen-bond donors (Lipinski definition) is 0. The van der Waals surface area contributed by atoms with E-state index in [1.54, 1.807) is 0 Å². The lowest BCUT2D eigenvalue weighted by molar-refractivity contribution is 0.711. The first-order valence-corrected chi connectivity index (χ1v) is 11.2. The number of benzene rings is 3. The molecule has 3 aromatic rings. The summed E-state index contributed by atoms with van der Waals surface area (Å²) in [4.78, 5) is 0. The van der Waals surface area contributed by atoms with Crippen LogP contribution in [-0.4, -0.2) is 5.66 Å². The molecule has 0 aliphatic carbocycles. The van der Waals surface area contributed by atoms with Gasteiger partial charge in [-0.15, -0.1) is 0 Å². The van der Waals surface area contributed by atoms with Gasteiger partial charge in [0.25, 0.3) is 0 Å². The molecule has 25 heavy (non-hydrogen) atoms. The molecule has 0 aromatic heterocycles. The molecule has 0 bridgehead atoms. The lowest BCUT2D eigenvalue weighted by Gasteiger charge is -2.34. The first-order valence-electron chi connectivity index (χ1n) is 9.39. The van der Waals surface area contributed by atoms with Gasteiger partial charge in [0.15, 0.2) is 0 Å². The van der Waals surface area contributed by atoms with Gasteiger partial charge in [0.05, 0.1) is 5.66 Å². The van der Waals surface area contributed by atoms with Crippen LogP contribution >= 0.6 is 7.26 Å². The maximum absolute atomic E-state index is 2.36. The molecule has 3 aromatic carbocycles. The molecule has 0 fully saturated rings. The maximum atomic E-state index is 2.36. The van der Waals surface area contributed by atoms with Crippen molar-refractivity contribution in [1.82, 2.24) is 0 Å². The fourth-order valence-corrected chi connectivity index (χ4v) is 9.35. The van der Waals surface area contributed by atoms with Gasteiger partial charge in [-0.2, -0.15) is 0 Å². The van der Waals surface area contributed by atoms with Crippen molar-refractivity contribution in [3.05, 3.63) is 91.0 Å². The Hall–Kier alpha value is -1.91. The molecule has 0 heterocycles. The highest BCUT2D eigenvalue weighted by Gasteiger charge is 2.50. The third-order valence-electron chi connectivity index (χ3n) is 5.13. The van der Waals surface area contributed by atoms with Crippen molar-refractivity contribution in [1.29, 1.82) is 0 Å². The van der Waals surface area contributed by atoms with E-state index in [-0.39, 0.29) is 0 Å². The highest BCUT2D eigenvalue weighted by atomic mass is 31.2. The van der Waals surface area contributed by atoms with Gasteiger partial charge in [-0.05, 0) is 49.2 Å². The molecule has 0 aliphatic heterocycles. The van der Waals surface area contributed by atoms with Gasteiger partial charge in [0.2, 0.25) is 0 Å². The molecular formula is C24H28P+. The Bertz CT molecular complexity index is 653. The van der Waals surface area contributed by atoms with Crippen LogP contribution in [0.25, 0.3) is 0 Å². The summed E-state index contributed by atoms with van der Waals surface area (Å²) in [6, 6.07) is 33.7. The van der Waals surface area contributed by atoms with E-state index in [0.29, 0.717) is 5.66 Å². The minimum absolute atomic E-state index is 0.671. The Balaban J connectivity index is 2.35. The van der Waals surface area contributed by atoms with E-state index in [1.807, 2.05) is 0 Å². The van der Waals surface area contributed by atoms with Crippen LogP contribution in [-0.2, 0) is 0 Å². The van der Waals surface area contributed by atoms with Crippen LogP contribution in [0.2, 0.25) is 0 Å². The first-order chi connectivity index (χ1) is 12.3. The zero-order valence-electron chi connectivity index (χ0n) is 15.3. The number of hydrogen-bond acceptors (Lipinski definition) is 0. The van der Waals surface area contributed by atoms with Crippen LogP contribution in [0.3, 0.4) is 0 Å². The molecular weight excluding hydrogens is 319 g/mol. The average molecular weight is 347 g/mol. The highest BCUT2D eigenvalue weighted by Crippen LogP contribution is 2.61. The molecule has 1 atom stereocenters. The standard InChI is InChI=1S/C24H28P/c1-3-14-21(4-2)25(22-15-8-5-9-16-22,23-17-10-6-11-18-23)24-19-12-7-13-20-24/h5-13,15-21H,3-4,14H2,1-2H3/q+1. The Morgan fingerprint density at radius 1 is 0.600 bits per heavy atom. The normalized spacial score (nSPS) is 12.7. The largest absolute Gasteiger partial charge is 0.115 e. The summed E-state index contributed by atoms with van der Waals surface area (Å²) < 4.78 is 0. The molecule has 3 rings (SSSR count). The van der Waals surface area contributed by atoms with Gasteiger partial charge in [-0.1, -0.05) is 74.9 Å².